The Labute approximate surface area is 220 Å². The minimum absolute atomic E-state index is 0.148. The molecule has 0 unspecified atom stereocenters. The van der Waals surface area contributed by atoms with Crippen molar-refractivity contribution in [2.45, 2.75) is 23.7 Å². The molecule has 1 fully saturated rings. The maximum Gasteiger partial charge on any atom is 0.257 e. The Kier molecular flexibility index (Phi) is 6.79. The van der Waals surface area contributed by atoms with E-state index < -0.39 is 9.84 Å². The van der Waals surface area contributed by atoms with Crippen LogP contribution in [0.5, 0.6) is 0 Å². The van der Waals surface area contributed by atoms with Gasteiger partial charge in [-0.2, -0.15) is 0 Å². The number of anilines is 1. The van der Waals surface area contributed by atoms with E-state index >= 15 is 0 Å². The zero-order chi connectivity index (χ0) is 26.2. The van der Waals surface area contributed by atoms with Gasteiger partial charge in [-0.1, -0.05) is 35.9 Å². The number of aromatic amines is 1. The fourth-order valence-corrected chi connectivity index (χ4v) is 5.62. The van der Waals surface area contributed by atoms with Crippen LogP contribution in [0.2, 0.25) is 5.02 Å². The van der Waals surface area contributed by atoms with Crippen LogP contribution in [0, 0.1) is 0 Å². The van der Waals surface area contributed by atoms with Gasteiger partial charge in [0.15, 0.2) is 9.84 Å². The Balaban J connectivity index is 1.20. The summed E-state index contributed by atoms with van der Waals surface area (Å²) in [6.45, 7) is 1.19. The number of benzene rings is 3. The van der Waals surface area contributed by atoms with Crippen LogP contribution in [0.25, 0.3) is 10.9 Å². The van der Waals surface area contributed by atoms with Gasteiger partial charge in [0.2, 0.25) is 0 Å². The van der Waals surface area contributed by atoms with Crippen molar-refractivity contribution in [2.24, 2.45) is 0 Å². The second kappa shape index (κ2) is 10.0. The van der Waals surface area contributed by atoms with E-state index in [2.05, 4.69) is 10.3 Å². The number of sulfone groups is 1. The van der Waals surface area contributed by atoms with E-state index in [-0.39, 0.29) is 16.7 Å². The summed E-state index contributed by atoms with van der Waals surface area (Å²) in [5.41, 5.74) is 3.61. The summed E-state index contributed by atoms with van der Waals surface area (Å²) in [4.78, 5) is 30.8. The van der Waals surface area contributed by atoms with Crippen LogP contribution in [0.15, 0.2) is 77.8 Å². The van der Waals surface area contributed by atoms with Gasteiger partial charge < -0.3 is 15.2 Å². The third-order valence-corrected chi connectivity index (χ3v) is 8.17. The average Bonchev–Trinajstić information content (AvgIpc) is 3.31. The summed E-state index contributed by atoms with van der Waals surface area (Å²) in [5.74, 6) is -0.0517. The minimum atomic E-state index is -3.37. The molecule has 9 heteroatoms. The number of piperidine rings is 1. The smallest absolute Gasteiger partial charge is 0.257 e. The Morgan fingerprint density at radius 3 is 2.43 bits per heavy atom. The van der Waals surface area contributed by atoms with Gasteiger partial charge in [-0.3, -0.25) is 9.59 Å². The van der Waals surface area contributed by atoms with E-state index in [1.165, 1.54) is 12.1 Å². The minimum Gasteiger partial charge on any atom is -0.360 e. The molecule has 3 aromatic carbocycles. The highest BCUT2D eigenvalue weighted by atomic mass is 35.5. The number of fused-ring (bicyclic) bond motifs is 1. The molecule has 1 saturated heterocycles. The lowest BCUT2D eigenvalue weighted by Crippen LogP contribution is -2.38. The lowest BCUT2D eigenvalue weighted by atomic mass is 9.89. The predicted molar refractivity (Wildman–Crippen MR) is 145 cm³/mol. The van der Waals surface area contributed by atoms with Gasteiger partial charge in [-0.15, -0.1) is 0 Å². The standard InChI is InChI=1S/C28H26ClN3O4S/c1-37(35,36)23-4-2-3-20(15-23)28(34)32-13-11-19(12-14-32)18-5-8-22(9-6-18)31-27(33)25-17-30-26-16-21(29)7-10-24(25)26/h2-10,15-17,19,30H,11-14H2,1H3,(H,31,33). The highest BCUT2D eigenvalue weighted by Gasteiger charge is 2.25. The maximum atomic E-state index is 12.9. The molecule has 0 aliphatic carbocycles. The highest BCUT2D eigenvalue weighted by molar-refractivity contribution is 7.90. The van der Waals surface area contributed by atoms with Crippen molar-refractivity contribution in [1.29, 1.82) is 0 Å². The van der Waals surface area contributed by atoms with Gasteiger partial charge >= 0.3 is 0 Å². The van der Waals surface area contributed by atoms with Crippen molar-refractivity contribution in [2.75, 3.05) is 24.7 Å². The highest BCUT2D eigenvalue weighted by Crippen LogP contribution is 2.30. The van der Waals surface area contributed by atoms with Crippen LogP contribution >= 0.6 is 11.6 Å². The molecule has 190 valence electrons. The SMILES string of the molecule is CS(=O)(=O)c1cccc(C(=O)N2CCC(c3ccc(NC(=O)c4c[nH]c5cc(Cl)ccc45)cc3)CC2)c1. The van der Waals surface area contributed by atoms with E-state index in [4.69, 9.17) is 11.6 Å². The Bertz CT molecular complexity index is 1590. The second-order valence-electron chi connectivity index (χ2n) is 9.33. The number of nitrogens with one attached hydrogen (secondary N) is 2. The quantitative estimate of drug-likeness (QED) is 0.352. The lowest BCUT2D eigenvalue weighted by molar-refractivity contribution is 0.0712. The molecule has 0 bridgehead atoms. The average molecular weight is 536 g/mol. The number of nitrogens with zero attached hydrogens (tertiary/aromatic N) is 1. The fraction of sp³-hybridized carbons (Fsp3) is 0.214. The van der Waals surface area contributed by atoms with Crippen LogP contribution in [-0.2, 0) is 9.84 Å². The monoisotopic (exact) mass is 535 g/mol. The molecule has 1 aromatic heterocycles. The first-order chi connectivity index (χ1) is 17.7. The molecule has 2 heterocycles. The molecule has 37 heavy (non-hydrogen) atoms. The van der Waals surface area contributed by atoms with Gasteiger partial charge in [0, 0.05) is 52.7 Å². The normalized spacial score (nSPS) is 14.6. The molecule has 0 atom stereocenters. The molecule has 0 radical (unpaired) electrons. The summed E-state index contributed by atoms with van der Waals surface area (Å²) < 4.78 is 23.7. The number of carbonyl (C=O) groups excluding carboxylic acids is 2. The van der Waals surface area contributed by atoms with E-state index in [0.717, 1.165) is 35.6 Å². The molecule has 1 aliphatic heterocycles. The van der Waals surface area contributed by atoms with E-state index in [1.807, 2.05) is 30.3 Å². The summed E-state index contributed by atoms with van der Waals surface area (Å²) in [5, 5.41) is 4.36. The molecule has 1 aliphatic rings. The largest absolute Gasteiger partial charge is 0.360 e. The van der Waals surface area contributed by atoms with E-state index in [1.54, 1.807) is 35.4 Å². The van der Waals surface area contributed by atoms with Crippen LogP contribution in [-0.4, -0.2) is 49.5 Å². The first-order valence-corrected chi connectivity index (χ1v) is 14.2. The summed E-state index contributed by atoms with van der Waals surface area (Å²) in [6, 6.07) is 19.4. The van der Waals surface area contributed by atoms with Crippen LogP contribution in [0.3, 0.4) is 0 Å². The van der Waals surface area contributed by atoms with Gasteiger partial charge in [-0.25, -0.2) is 8.42 Å². The number of aromatic nitrogens is 1. The summed E-state index contributed by atoms with van der Waals surface area (Å²) in [7, 11) is -3.37. The lowest BCUT2D eigenvalue weighted by Gasteiger charge is -2.32. The zero-order valence-corrected chi connectivity index (χ0v) is 21.8. The summed E-state index contributed by atoms with van der Waals surface area (Å²) >= 11 is 6.03. The number of hydrogen-bond acceptors (Lipinski definition) is 4. The molecule has 0 spiro atoms. The van der Waals surface area contributed by atoms with Crippen LogP contribution in [0.4, 0.5) is 5.69 Å². The van der Waals surface area contributed by atoms with Crippen molar-refractivity contribution in [1.82, 2.24) is 9.88 Å². The van der Waals surface area contributed by atoms with E-state index in [9.17, 15) is 18.0 Å². The van der Waals surface area contributed by atoms with Crippen molar-refractivity contribution in [3.63, 3.8) is 0 Å². The summed E-state index contributed by atoms with van der Waals surface area (Å²) in [6.07, 6.45) is 4.43. The van der Waals surface area contributed by atoms with Crippen molar-refractivity contribution in [3.8, 4) is 0 Å². The fourth-order valence-electron chi connectivity index (χ4n) is 4.78. The van der Waals surface area contributed by atoms with Crippen LogP contribution in [0.1, 0.15) is 45.0 Å². The Morgan fingerprint density at radius 2 is 1.73 bits per heavy atom. The molecule has 2 amide bonds. The number of halogens is 1. The van der Waals surface area contributed by atoms with Crippen molar-refractivity contribution >= 4 is 49.8 Å². The molecule has 7 nitrogen and oxygen atoms in total. The molecule has 0 saturated carbocycles. The number of H-pyrrole nitrogens is 1. The number of amides is 2. The number of rotatable bonds is 5. The first kappa shape index (κ1) is 25.0. The predicted octanol–water partition coefficient (Wildman–Crippen LogP) is 5.50. The van der Waals surface area contributed by atoms with E-state index in [0.29, 0.717) is 40.8 Å². The molecule has 2 N–H and O–H groups in total. The second-order valence-corrected chi connectivity index (χ2v) is 11.8. The van der Waals surface area contributed by atoms with Gasteiger partial charge in [0.1, 0.15) is 0 Å². The van der Waals surface area contributed by atoms with Crippen molar-refractivity contribution < 1.29 is 18.0 Å². The third-order valence-electron chi connectivity index (χ3n) is 6.82. The Hall–Kier alpha value is -3.62. The van der Waals surface area contributed by atoms with Gasteiger partial charge in [0.25, 0.3) is 11.8 Å². The van der Waals surface area contributed by atoms with Crippen LogP contribution < -0.4 is 5.32 Å². The van der Waals surface area contributed by atoms with Crippen molar-refractivity contribution in [3.05, 3.63) is 94.6 Å². The topological polar surface area (TPSA) is 99.3 Å². The molecular formula is C28H26ClN3O4S. The maximum absolute atomic E-state index is 12.9. The first-order valence-electron chi connectivity index (χ1n) is 12.0. The Morgan fingerprint density at radius 1 is 1.00 bits per heavy atom. The van der Waals surface area contributed by atoms with Gasteiger partial charge in [0.05, 0.1) is 10.5 Å². The zero-order valence-electron chi connectivity index (χ0n) is 20.2. The molecule has 5 rings (SSSR count). The number of hydrogen-bond donors (Lipinski definition) is 2. The molecule has 4 aromatic rings. The number of carbonyl (C=O) groups is 2. The third kappa shape index (κ3) is 5.40. The molecular weight excluding hydrogens is 510 g/mol. The van der Waals surface area contributed by atoms with Gasteiger partial charge in [-0.05, 0) is 66.8 Å². The number of likely N-dealkylation sites (tertiary alicyclic amines) is 1.